The van der Waals surface area contributed by atoms with Crippen molar-refractivity contribution in [2.75, 3.05) is 26.3 Å². The predicted octanol–water partition coefficient (Wildman–Crippen LogP) is -0.312. The number of piperazine rings is 1. The van der Waals surface area contributed by atoms with E-state index < -0.39 is 11.6 Å². The highest BCUT2D eigenvalue weighted by molar-refractivity contribution is 7.09. The molecular formula is C16H25N3O4S. The Bertz CT molecular complexity index is 537. The maximum Gasteiger partial charge on any atom is 0.237 e. The molecular weight excluding hydrogens is 330 g/mol. The first-order valence-corrected chi connectivity index (χ1v) is 8.98. The van der Waals surface area contributed by atoms with E-state index in [-0.39, 0.29) is 31.4 Å². The number of hydrogen-bond donors (Lipinski definition) is 4. The van der Waals surface area contributed by atoms with Crippen LogP contribution < -0.4 is 10.6 Å². The van der Waals surface area contributed by atoms with Crippen molar-refractivity contribution in [3.63, 3.8) is 0 Å². The largest absolute Gasteiger partial charge is 0.394 e. The molecule has 24 heavy (non-hydrogen) atoms. The summed E-state index contributed by atoms with van der Waals surface area (Å²) in [5.41, 5.74) is -1.04. The molecule has 134 valence electrons. The van der Waals surface area contributed by atoms with Crippen molar-refractivity contribution in [2.45, 2.75) is 37.9 Å². The number of aliphatic hydroxyl groups excluding tert-OH is 2. The Morgan fingerprint density at radius 2 is 2.25 bits per heavy atom. The number of nitrogens with one attached hydrogen (secondary N) is 2. The van der Waals surface area contributed by atoms with Crippen LogP contribution >= 0.6 is 11.3 Å². The summed E-state index contributed by atoms with van der Waals surface area (Å²) >= 11 is 1.62. The van der Waals surface area contributed by atoms with Crippen molar-refractivity contribution in [1.29, 1.82) is 0 Å². The fraction of sp³-hybridized carbons (Fsp3) is 0.625. The summed E-state index contributed by atoms with van der Waals surface area (Å²) in [6.07, 6.45) is 0.403. The zero-order valence-corrected chi connectivity index (χ0v) is 14.6. The number of thiophene rings is 1. The summed E-state index contributed by atoms with van der Waals surface area (Å²) in [6, 6.07) is 3.42. The summed E-state index contributed by atoms with van der Waals surface area (Å²) in [5.74, 6) is -0.513. The number of amides is 2. The summed E-state index contributed by atoms with van der Waals surface area (Å²) in [7, 11) is 0. The van der Waals surface area contributed by atoms with E-state index in [0.717, 1.165) is 4.88 Å². The van der Waals surface area contributed by atoms with Crippen LogP contribution in [0.2, 0.25) is 0 Å². The molecule has 1 fully saturated rings. The third kappa shape index (κ3) is 4.54. The lowest BCUT2D eigenvalue weighted by Crippen LogP contribution is -2.58. The first kappa shape index (κ1) is 18.9. The summed E-state index contributed by atoms with van der Waals surface area (Å²) in [6.45, 7) is 2.96. The average Bonchev–Trinajstić information content (AvgIpc) is 3.09. The molecule has 1 unspecified atom stereocenters. The van der Waals surface area contributed by atoms with E-state index in [0.29, 0.717) is 26.1 Å². The van der Waals surface area contributed by atoms with Gasteiger partial charge >= 0.3 is 0 Å². The Labute approximate surface area is 145 Å². The standard InChI is InChI=1S/C16H25N3O4S/c1-2-16(10-20,11-21)18-14(22)8-13-15(23)17-5-6-19(13)9-12-4-3-7-24-12/h3-4,7,13,20-21H,2,5-6,8-11H2,1H3,(H,17,23)(H,18,22). The molecule has 4 N–H and O–H groups in total. The molecule has 0 radical (unpaired) electrons. The van der Waals surface area contributed by atoms with Gasteiger partial charge in [-0.2, -0.15) is 0 Å². The fourth-order valence-corrected chi connectivity index (χ4v) is 3.47. The topological polar surface area (TPSA) is 102 Å². The monoisotopic (exact) mass is 355 g/mol. The summed E-state index contributed by atoms with van der Waals surface area (Å²) in [5, 5.41) is 26.4. The predicted molar refractivity (Wildman–Crippen MR) is 91.5 cm³/mol. The van der Waals surface area contributed by atoms with Crippen LogP contribution in [0.1, 0.15) is 24.6 Å². The van der Waals surface area contributed by atoms with Crippen LogP contribution in [0.5, 0.6) is 0 Å². The third-order valence-corrected chi connectivity index (χ3v) is 5.31. The molecule has 8 heteroatoms. The second-order valence-electron chi connectivity index (χ2n) is 6.06. The van der Waals surface area contributed by atoms with E-state index >= 15 is 0 Å². The van der Waals surface area contributed by atoms with Crippen molar-refractivity contribution >= 4 is 23.2 Å². The van der Waals surface area contributed by atoms with Crippen LogP contribution in [0.4, 0.5) is 0 Å². The SMILES string of the molecule is CCC(CO)(CO)NC(=O)CC1C(=O)NCCN1Cc1cccs1. The van der Waals surface area contributed by atoms with Gasteiger partial charge in [-0.25, -0.2) is 0 Å². The zero-order chi connectivity index (χ0) is 17.6. The van der Waals surface area contributed by atoms with E-state index in [2.05, 4.69) is 10.6 Å². The zero-order valence-electron chi connectivity index (χ0n) is 13.8. The van der Waals surface area contributed by atoms with Crippen LogP contribution in [0, 0.1) is 0 Å². The number of nitrogens with zero attached hydrogens (tertiary/aromatic N) is 1. The highest BCUT2D eigenvalue weighted by Crippen LogP contribution is 2.18. The number of carbonyl (C=O) groups is 2. The van der Waals surface area contributed by atoms with Gasteiger partial charge in [0.05, 0.1) is 31.2 Å². The Morgan fingerprint density at radius 3 is 2.83 bits per heavy atom. The van der Waals surface area contributed by atoms with Gasteiger partial charge in [0.1, 0.15) is 0 Å². The van der Waals surface area contributed by atoms with Gasteiger partial charge in [-0.3, -0.25) is 14.5 Å². The number of aliphatic hydroxyl groups is 2. The number of carbonyl (C=O) groups excluding carboxylic acids is 2. The van der Waals surface area contributed by atoms with E-state index in [1.54, 1.807) is 18.3 Å². The van der Waals surface area contributed by atoms with Crippen LogP contribution in [0.3, 0.4) is 0 Å². The van der Waals surface area contributed by atoms with E-state index in [4.69, 9.17) is 0 Å². The molecule has 2 rings (SSSR count). The molecule has 0 spiro atoms. The van der Waals surface area contributed by atoms with Gasteiger partial charge in [0, 0.05) is 24.5 Å². The lowest BCUT2D eigenvalue weighted by atomic mass is 9.97. The number of rotatable bonds is 8. The molecule has 2 amide bonds. The quantitative estimate of drug-likeness (QED) is 0.512. The van der Waals surface area contributed by atoms with E-state index in [1.165, 1.54) is 0 Å². The molecule has 1 aromatic heterocycles. The molecule has 0 bridgehead atoms. The summed E-state index contributed by atoms with van der Waals surface area (Å²) in [4.78, 5) is 27.7. The first-order valence-electron chi connectivity index (χ1n) is 8.10. The Kier molecular flexibility index (Phi) is 6.73. The Balaban J connectivity index is 2.03. The summed E-state index contributed by atoms with van der Waals surface area (Å²) < 4.78 is 0. The molecule has 0 saturated carbocycles. The van der Waals surface area contributed by atoms with Crippen molar-refractivity contribution in [2.24, 2.45) is 0 Å². The minimum absolute atomic E-state index is 0.00103. The highest BCUT2D eigenvalue weighted by Gasteiger charge is 2.34. The fourth-order valence-electron chi connectivity index (χ4n) is 2.74. The molecule has 2 heterocycles. The molecule has 1 saturated heterocycles. The molecule has 1 atom stereocenters. The second kappa shape index (κ2) is 8.57. The van der Waals surface area contributed by atoms with Crippen LogP contribution in [-0.2, 0) is 16.1 Å². The maximum absolute atomic E-state index is 12.4. The maximum atomic E-state index is 12.4. The highest BCUT2D eigenvalue weighted by atomic mass is 32.1. The smallest absolute Gasteiger partial charge is 0.237 e. The van der Waals surface area contributed by atoms with Gasteiger partial charge in [0.15, 0.2) is 0 Å². The average molecular weight is 355 g/mol. The first-order chi connectivity index (χ1) is 11.5. The molecule has 1 aliphatic heterocycles. The van der Waals surface area contributed by atoms with Crippen LogP contribution in [-0.4, -0.2) is 64.8 Å². The van der Waals surface area contributed by atoms with Gasteiger partial charge in [0.25, 0.3) is 0 Å². The van der Waals surface area contributed by atoms with Gasteiger partial charge in [0.2, 0.25) is 11.8 Å². The lowest BCUT2D eigenvalue weighted by molar-refractivity contribution is -0.135. The number of hydrogen-bond acceptors (Lipinski definition) is 6. The minimum Gasteiger partial charge on any atom is -0.394 e. The third-order valence-electron chi connectivity index (χ3n) is 4.45. The minimum atomic E-state index is -1.04. The van der Waals surface area contributed by atoms with E-state index in [1.807, 2.05) is 22.4 Å². The van der Waals surface area contributed by atoms with Crippen LogP contribution in [0.25, 0.3) is 0 Å². The van der Waals surface area contributed by atoms with Crippen molar-refractivity contribution < 1.29 is 19.8 Å². The van der Waals surface area contributed by atoms with Gasteiger partial charge in [-0.05, 0) is 17.9 Å². The lowest BCUT2D eigenvalue weighted by Gasteiger charge is -2.36. The normalized spacial score (nSPS) is 19.1. The van der Waals surface area contributed by atoms with Crippen molar-refractivity contribution in [3.8, 4) is 0 Å². The molecule has 1 aliphatic rings. The van der Waals surface area contributed by atoms with Gasteiger partial charge in [-0.15, -0.1) is 11.3 Å². The second-order valence-corrected chi connectivity index (χ2v) is 7.09. The molecule has 0 aliphatic carbocycles. The Morgan fingerprint density at radius 1 is 1.50 bits per heavy atom. The van der Waals surface area contributed by atoms with Gasteiger partial charge < -0.3 is 20.8 Å². The van der Waals surface area contributed by atoms with Crippen molar-refractivity contribution in [1.82, 2.24) is 15.5 Å². The van der Waals surface area contributed by atoms with Crippen molar-refractivity contribution in [3.05, 3.63) is 22.4 Å². The molecule has 1 aromatic rings. The molecule has 7 nitrogen and oxygen atoms in total. The van der Waals surface area contributed by atoms with Crippen LogP contribution in [0.15, 0.2) is 17.5 Å². The Hall–Kier alpha value is -1.48. The van der Waals surface area contributed by atoms with Gasteiger partial charge in [-0.1, -0.05) is 13.0 Å². The molecule has 0 aromatic carbocycles. The van der Waals surface area contributed by atoms with E-state index in [9.17, 15) is 19.8 Å².